The van der Waals surface area contributed by atoms with Crippen molar-refractivity contribution in [3.8, 4) is 11.1 Å². The Morgan fingerprint density at radius 3 is 2.04 bits per heavy atom. The molecule has 4 heteroatoms. The van der Waals surface area contributed by atoms with Gasteiger partial charge in [-0.05, 0) is 41.0 Å². The predicted octanol–water partition coefficient (Wildman–Crippen LogP) is 5.20. The van der Waals surface area contributed by atoms with Crippen LogP contribution in [0.5, 0.6) is 0 Å². The first kappa shape index (κ1) is 18.5. The molecule has 0 aromatic heterocycles. The predicted molar refractivity (Wildman–Crippen MR) is 102 cm³/mol. The first-order valence-electron chi connectivity index (χ1n) is 8.70. The normalized spacial score (nSPS) is 10.4. The minimum Gasteiger partial charge on any atom is -0.461 e. The molecule has 0 N–H and O–H groups in total. The van der Waals surface area contributed by atoms with Crippen LogP contribution in [0.1, 0.15) is 28.8 Å². The topological polar surface area (TPSA) is 43.4 Å². The molecule has 0 aliphatic carbocycles. The van der Waals surface area contributed by atoms with E-state index in [2.05, 4.69) is 0 Å². The number of halogens is 1. The molecule has 0 spiro atoms. The molecule has 3 aromatic rings. The number of benzene rings is 3. The van der Waals surface area contributed by atoms with Crippen LogP contribution in [0.4, 0.5) is 4.39 Å². The molecule has 0 aliphatic heterocycles. The van der Waals surface area contributed by atoms with Gasteiger partial charge in [-0.1, -0.05) is 54.6 Å². The Morgan fingerprint density at radius 2 is 1.37 bits per heavy atom. The highest BCUT2D eigenvalue weighted by atomic mass is 19.1. The standard InChI is InChI=1S/C23H19FO3/c24-21-12-10-20(11-13-21)22(25)14-15-23(26)27-16-17-6-8-19(9-7-17)18-4-2-1-3-5-18/h1-13H,14-16H2. The highest BCUT2D eigenvalue weighted by Crippen LogP contribution is 2.19. The van der Waals surface area contributed by atoms with Crippen molar-refractivity contribution in [3.63, 3.8) is 0 Å². The molecule has 3 nitrogen and oxygen atoms in total. The first-order chi connectivity index (χ1) is 13.1. The van der Waals surface area contributed by atoms with E-state index >= 15 is 0 Å². The van der Waals surface area contributed by atoms with Crippen molar-refractivity contribution in [1.29, 1.82) is 0 Å². The largest absolute Gasteiger partial charge is 0.461 e. The van der Waals surface area contributed by atoms with Gasteiger partial charge in [-0.25, -0.2) is 4.39 Å². The molecule has 0 unspecified atom stereocenters. The van der Waals surface area contributed by atoms with Gasteiger partial charge in [0.1, 0.15) is 12.4 Å². The summed E-state index contributed by atoms with van der Waals surface area (Å²) in [6.45, 7) is 0.165. The number of hydrogen-bond donors (Lipinski definition) is 0. The molecule has 3 rings (SSSR count). The number of rotatable bonds is 7. The lowest BCUT2D eigenvalue weighted by atomic mass is 10.0. The monoisotopic (exact) mass is 362 g/mol. The van der Waals surface area contributed by atoms with E-state index in [1.165, 1.54) is 24.3 Å². The second-order valence-electron chi connectivity index (χ2n) is 6.15. The molecular formula is C23H19FO3. The maximum absolute atomic E-state index is 12.9. The minimum atomic E-state index is -0.433. The van der Waals surface area contributed by atoms with Crippen LogP contribution in [0.3, 0.4) is 0 Å². The average Bonchev–Trinajstić information content (AvgIpc) is 2.72. The van der Waals surface area contributed by atoms with Crippen molar-refractivity contribution in [2.75, 3.05) is 0 Å². The van der Waals surface area contributed by atoms with Crippen LogP contribution >= 0.6 is 0 Å². The van der Waals surface area contributed by atoms with Crippen LogP contribution in [0.2, 0.25) is 0 Å². The Bertz CT molecular complexity index is 901. The Morgan fingerprint density at radius 1 is 0.741 bits per heavy atom. The van der Waals surface area contributed by atoms with E-state index in [1.807, 2.05) is 54.6 Å². The highest BCUT2D eigenvalue weighted by molar-refractivity contribution is 5.97. The second-order valence-corrected chi connectivity index (χ2v) is 6.15. The molecule has 0 heterocycles. The van der Waals surface area contributed by atoms with Crippen LogP contribution in [0.15, 0.2) is 78.9 Å². The molecule has 0 radical (unpaired) electrons. The summed E-state index contributed by atoms with van der Waals surface area (Å²) in [5, 5.41) is 0. The van der Waals surface area contributed by atoms with Crippen LogP contribution in [-0.2, 0) is 16.1 Å². The van der Waals surface area contributed by atoms with Crippen molar-refractivity contribution in [1.82, 2.24) is 0 Å². The van der Waals surface area contributed by atoms with Gasteiger partial charge in [0.25, 0.3) is 0 Å². The Hall–Kier alpha value is -3.27. The molecule has 0 atom stereocenters. The molecular weight excluding hydrogens is 343 g/mol. The third kappa shape index (κ3) is 5.35. The van der Waals surface area contributed by atoms with E-state index in [0.717, 1.165) is 16.7 Å². The lowest BCUT2D eigenvalue weighted by Gasteiger charge is -2.07. The fourth-order valence-electron chi connectivity index (χ4n) is 2.66. The third-order valence-electron chi connectivity index (χ3n) is 4.18. The summed E-state index contributed by atoms with van der Waals surface area (Å²) in [7, 11) is 0. The van der Waals surface area contributed by atoms with Gasteiger partial charge in [0.05, 0.1) is 6.42 Å². The van der Waals surface area contributed by atoms with Crippen LogP contribution in [-0.4, -0.2) is 11.8 Å². The van der Waals surface area contributed by atoms with E-state index in [4.69, 9.17) is 4.74 Å². The molecule has 0 fully saturated rings. The number of ketones is 1. The Kier molecular flexibility index (Phi) is 6.10. The minimum absolute atomic E-state index is 0.00168. The summed E-state index contributed by atoms with van der Waals surface area (Å²) >= 11 is 0. The number of carbonyl (C=O) groups is 2. The highest BCUT2D eigenvalue weighted by Gasteiger charge is 2.10. The number of hydrogen-bond acceptors (Lipinski definition) is 3. The molecule has 0 saturated heterocycles. The molecule has 0 amide bonds. The van der Waals surface area contributed by atoms with Gasteiger partial charge in [-0.15, -0.1) is 0 Å². The summed E-state index contributed by atoms with van der Waals surface area (Å²) in [6, 6.07) is 23.1. The molecule has 3 aromatic carbocycles. The van der Waals surface area contributed by atoms with E-state index in [0.29, 0.717) is 5.56 Å². The smallest absolute Gasteiger partial charge is 0.306 e. The van der Waals surface area contributed by atoms with Crippen LogP contribution in [0, 0.1) is 5.82 Å². The van der Waals surface area contributed by atoms with Crippen molar-refractivity contribution in [3.05, 3.63) is 95.8 Å². The molecule has 0 saturated carbocycles. The van der Waals surface area contributed by atoms with Gasteiger partial charge in [0.2, 0.25) is 0 Å². The van der Waals surface area contributed by atoms with Crippen molar-refractivity contribution < 1.29 is 18.7 Å². The maximum Gasteiger partial charge on any atom is 0.306 e. The third-order valence-corrected chi connectivity index (χ3v) is 4.18. The Balaban J connectivity index is 1.46. The average molecular weight is 362 g/mol. The Labute approximate surface area is 157 Å². The van der Waals surface area contributed by atoms with Gasteiger partial charge < -0.3 is 4.74 Å². The van der Waals surface area contributed by atoms with Gasteiger partial charge in [-0.3, -0.25) is 9.59 Å². The summed E-state index contributed by atoms with van der Waals surface area (Å²) in [5.41, 5.74) is 3.49. The number of esters is 1. The quantitative estimate of drug-likeness (QED) is 0.429. The summed E-state index contributed by atoms with van der Waals surface area (Å²) in [6.07, 6.45) is 0.0374. The van der Waals surface area contributed by atoms with E-state index in [1.54, 1.807) is 0 Å². The number of carbonyl (C=O) groups excluding carboxylic acids is 2. The molecule has 0 bridgehead atoms. The first-order valence-corrected chi connectivity index (χ1v) is 8.70. The van der Waals surface area contributed by atoms with E-state index in [-0.39, 0.29) is 25.2 Å². The summed E-state index contributed by atoms with van der Waals surface area (Å²) in [4.78, 5) is 23.8. The zero-order valence-electron chi connectivity index (χ0n) is 14.7. The van der Waals surface area contributed by atoms with Crippen molar-refractivity contribution in [2.45, 2.75) is 19.4 Å². The zero-order valence-corrected chi connectivity index (χ0v) is 14.7. The van der Waals surface area contributed by atoms with Crippen LogP contribution < -0.4 is 0 Å². The molecule has 27 heavy (non-hydrogen) atoms. The van der Waals surface area contributed by atoms with Crippen molar-refractivity contribution >= 4 is 11.8 Å². The van der Waals surface area contributed by atoms with Gasteiger partial charge in [-0.2, -0.15) is 0 Å². The van der Waals surface area contributed by atoms with Crippen molar-refractivity contribution in [2.24, 2.45) is 0 Å². The lowest BCUT2D eigenvalue weighted by molar-refractivity contribution is -0.144. The van der Waals surface area contributed by atoms with Crippen LogP contribution in [0.25, 0.3) is 11.1 Å². The zero-order chi connectivity index (χ0) is 19.1. The summed E-state index contributed by atoms with van der Waals surface area (Å²) in [5.74, 6) is -1.04. The fraction of sp³-hybridized carbons (Fsp3) is 0.130. The second kappa shape index (κ2) is 8.90. The number of ether oxygens (including phenoxy) is 1. The lowest BCUT2D eigenvalue weighted by Crippen LogP contribution is -2.08. The fourth-order valence-corrected chi connectivity index (χ4v) is 2.66. The SMILES string of the molecule is O=C(CCC(=O)c1ccc(F)cc1)OCc1ccc(-c2ccccc2)cc1. The van der Waals surface area contributed by atoms with E-state index < -0.39 is 11.8 Å². The molecule has 136 valence electrons. The van der Waals surface area contributed by atoms with Gasteiger partial charge >= 0.3 is 5.97 Å². The van der Waals surface area contributed by atoms with Gasteiger partial charge in [0.15, 0.2) is 5.78 Å². The maximum atomic E-state index is 12.9. The molecule has 0 aliphatic rings. The van der Waals surface area contributed by atoms with Gasteiger partial charge in [0, 0.05) is 12.0 Å². The summed E-state index contributed by atoms with van der Waals surface area (Å²) < 4.78 is 18.1. The van der Waals surface area contributed by atoms with E-state index in [9.17, 15) is 14.0 Å². The number of Topliss-reactive ketones (excluding diaryl/α,β-unsaturated/α-hetero) is 1.